The molecule has 2 atom stereocenters. The molecule has 1 N–H and O–H groups in total. The molecule has 162 valence electrons. The Balaban J connectivity index is 2.03. The van der Waals surface area contributed by atoms with Crippen LogP contribution in [0, 0.1) is 6.92 Å². The number of hydrogen-bond acceptors (Lipinski definition) is 5. The normalized spacial score (nSPS) is 13.2. The highest BCUT2D eigenvalue weighted by atomic mass is 16.6. The number of nitrogens with one attached hydrogen (secondary N) is 1. The number of amides is 1. The van der Waals surface area contributed by atoms with Crippen LogP contribution in [-0.4, -0.2) is 29.8 Å². The average molecular weight is 414 g/mol. The Morgan fingerprint density at radius 1 is 0.933 bits per heavy atom. The monoisotopic (exact) mass is 413 g/mol. The van der Waals surface area contributed by atoms with Crippen LogP contribution in [0.25, 0.3) is 0 Å². The molecule has 6 nitrogen and oxygen atoms in total. The van der Waals surface area contributed by atoms with Gasteiger partial charge in [-0.3, -0.25) is 0 Å². The highest BCUT2D eigenvalue weighted by molar-refractivity contribution is 5.82. The van der Waals surface area contributed by atoms with Crippen molar-refractivity contribution in [2.45, 2.75) is 65.6 Å². The van der Waals surface area contributed by atoms with Gasteiger partial charge in [0.25, 0.3) is 0 Å². The smallest absolute Gasteiger partial charge is 0.408 e. The predicted molar refractivity (Wildman–Crippen MR) is 115 cm³/mol. The maximum Gasteiger partial charge on any atom is 0.408 e. The zero-order chi connectivity index (χ0) is 22.1. The topological polar surface area (TPSA) is 73.9 Å². The molecule has 0 bridgehead atoms. The third-order valence-electron chi connectivity index (χ3n) is 4.25. The number of esters is 1. The van der Waals surface area contributed by atoms with E-state index in [0.29, 0.717) is 6.61 Å². The van der Waals surface area contributed by atoms with Gasteiger partial charge in [0.1, 0.15) is 12.2 Å². The van der Waals surface area contributed by atoms with Crippen LogP contribution in [0.15, 0.2) is 54.6 Å². The molecule has 2 aromatic rings. The molecule has 0 aliphatic heterocycles. The van der Waals surface area contributed by atoms with Gasteiger partial charge in [0.05, 0.1) is 12.7 Å². The fourth-order valence-electron chi connectivity index (χ4n) is 2.63. The van der Waals surface area contributed by atoms with Gasteiger partial charge in [-0.15, -0.1) is 0 Å². The molecule has 0 unspecified atom stereocenters. The Hall–Kier alpha value is -2.86. The predicted octanol–water partition coefficient (Wildman–Crippen LogP) is 4.54. The molecule has 0 fully saturated rings. The van der Waals surface area contributed by atoms with Crippen LogP contribution in [0.5, 0.6) is 0 Å². The first-order valence-corrected chi connectivity index (χ1v) is 10.0. The van der Waals surface area contributed by atoms with Gasteiger partial charge in [0, 0.05) is 0 Å². The standard InChI is InChI=1S/C24H31NO5/c1-17-11-13-20(14-12-17)16-29-22(26)21(25-23(27)30-24(3,4)5)18(2)28-15-19-9-7-6-8-10-19/h6-14,18,21H,15-16H2,1-5H3,(H,25,27)/t18-,21+/m0/s1. The van der Waals surface area contributed by atoms with E-state index in [1.807, 2.05) is 61.5 Å². The molecule has 0 aromatic heterocycles. The van der Waals surface area contributed by atoms with Crippen molar-refractivity contribution >= 4 is 12.1 Å². The number of carbonyl (C=O) groups excluding carboxylic acids is 2. The lowest BCUT2D eigenvalue weighted by Gasteiger charge is -2.26. The van der Waals surface area contributed by atoms with Crippen molar-refractivity contribution in [3.8, 4) is 0 Å². The highest BCUT2D eigenvalue weighted by Crippen LogP contribution is 2.12. The highest BCUT2D eigenvalue weighted by Gasteiger charge is 2.31. The van der Waals surface area contributed by atoms with E-state index in [4.69, 9.17) is 14.2 Å². The van der Waals surface area contributed by atoms with Crippen molar-refractivity contribution in [1.29, 1.82) is 0 Å². The quantitative estimate of drug-likeness (QED) is 0.644. The molecule has 0 spiro atoms. The van der Waals surface area contributed by atoms with E-state index in [-0.39, 0.29) is 6.61 Å². The third-order valence-corrected chi connectivity index (χ3v) is 4.25. The second-order valence-corrected chi connectivity index (χ2v) is 8.22. The Morgan fingerprint density at radius 2 is 1.53 bits per heavy atom. The summed E-state index contributed by atoms with van der Waals surface area (Å²) in [7, 11) is 0. The summed E-state index contributed by atoms with van der Waals surface area (Å²) in [4.78, 5) is 25.0. The second kappa shape index (κ2) is 10.8. The maximum atomic E-state index is 12.8. The minimum atomic E-state index is -1.01. The summed E-state index contributed by atoms with van der Waals surface area (Å²) in [5, 5.41) is 2.59. The Labute approximate surface area is 178 Å². The van der Waals surface area contributed by atoms with Crippen molar-refractivity contribution in [2.75, 3.05) is 0 Å². The zero-order valence-corrected chi connectivity index (χ0v) is 18.3. The average Bonchev–Trinajstić information content (AvgIpc) is 2.69. The first-order chi connectivity index (χ1) is 14.1. The maximum absolute atomic E-state index is 12.8. The lowest BCUT2D eigenvalue weighted by molar-refractivity contribution is -0.151. The van der Waals surface area contributed by atoms with Crippen LogP contribution in [0.2, 0.25) is 0 Å². The van der Waals surface area contributed by atoms with Crippen LogP contribution in [-0.2, 0) is 32.2 Å². The van der Waals surface area contributed by atoms with Gasteiger partial charge < -0.3 is 19.5 Å². The molecule has 6 heteroatoms. The van der Waals surface area contributed by atoms with Crippen molar-refractivity contribution in [3.63, 3.8) is 0 Å². The summed E-state index contributed by atoms with van der Waals surface area (Å²) in [5.41, 5.74) is 2.27. The Morgan fingerprint density at radius 3 is 2.13 bits per heavy atom. The molecule has 1 amide bonds. The van der Waals surface area contributed by atoms with Gasteiger partial charge in [-0.25, -0.2) is 9.59 Å². The van der Waals surface area contributed by atoms with Gasteiger partial charge in [-0.2, -0.15) is 0 Å². The number of benzene rings is 2. The number of alkyl carbamates (subject to hydrolysis) is 1. The molecule has 2 rings (SSSR count). The summed E-state index contributed by atoms with van der Waals surface area (Å²) in [6.45, 7) is 9.39. The largest absolute Gasteiger partial charge is 0.459 e. The van der Waals surface area contributed by atoms with Crippen LogP contribution in [0.4, 0.5) is 4.79 Å². The lowest BCUT2D eigenvalue weighted by atomic mass is 10.1. The number of hydrogen-bond donors (Lipinski definition) is 1. The minimum Gasteiger partial charge on any atom is -0.459 e. The molecular weight excluding hydrogens is 382 g/mol. The van der Waals surface area contributed by atoms with Crippen LogP contribution in [0.3, 0.4) is 0 Å². The Bertz CT molecular complexity index is 812. The van der Waals surface area contributed by atoms with E-state index >= 15 is 0 Å². The second-order valence-electron chi connectivity index (χ2n) is 8.22. The van der Waals surface area contributed by atoms with E-state index in [2.05, 4.69) is 5.32 Å². The van der Waals surface area contributed by atoms with E-state index < -0.39 is 29.8 Å². The molecule has 0 saturated heterocycles. The molecule has 0 aliphatic carbocycles. The van der Waals surface area contributed by atoms with Gasteiger partial charge in [0.15, 0.2) is 6.04 Å². The van der Waals surface area contributed by atoms with Crippen LogP contribution >= 0.6 is 0 Å². The number of ether oxygens (including phenoxy) is 3. The summed E-state index contributed by atoms with van der Waals surface area (Å²) in [6.07, 6.45) is -1.32. The first kappa shape index (κ1) is 23.4. The van der Waals surface area contributed by atoms with Crippen LogP contribution < -0.4 is 5.32 Å². The van der Waals surface area contributed by atoms with Gasteiger partial charge >= 0.3 is 12.1 Å². The summed E-state index contributed by atoms with van der Waals surface area (Å²) >= 11 is 0. The summed E-state index contributed by atoms with van der Waals surface area (Å²) < 4.78 is 16.6. The van der Waals surface area contributed by atoms with E-state index in [0.717, 1.165) is 16.7 Å². The number of aryl methyl sites for hydroxylation is 1. The molecule has 0 aliphatic rings. The Kier molecular flexibility index (Phi) is 8.42. The van der Waals surface area contributed by atoms with E-state index in [9.17, 15) is 9.59 Å². The molecule has 0 saturated carbocycles. The lowest BCUT2D eigenvalue weighted by Crippen LogP contribution is -2.50. The number of rotatable bonds is 8. The third kappa shape index (κ3) is 8.25. The summed E-state index contributed by atoms with van der Waals surface area (Å²) in [6, 6.07) is 16.3. The van der Waals surface area contributed by atoms with Crippen LogP contribution in [0.1, 0.15) is 44.4 Å². The summed E-state index contributed by atoms with van der Waals surface area (Å²) in [5.74, 6) is -0.581. The zero-order valence-electron chi connectivity index (χ0n) is 18.3. The van der Waals surface area contributed by atoms with E-state index in [1.165, 1.54) is 0 Å². The van der Waals surface area contributed by atoms with Gasteiger partial charge in [-0.05, 0) is 45.7 Å². The molecule has 2 aromatic carbocycles. The van der Waals surface area contributed by atoms with Crippen molar-refractivity contribution in [3.05, 3.63) is 71.3 Å². The van der Waals surface area contributed by atoms with Crippen molar-refractivity contribution in [2.24, 2.45) is 0 Å². The van der Waals surface area contributed by atoms with Crippen molar-refractivity contribution < 1.29 is 23.8 Å². The molecular formula is C24H31NO5. The van der Waals surface area contributed by atoms with Gasteiger partial charge in [-0.1, -0.05) is 60.2 Å². The van der Waals surface area contributed by atoms with E-state index in [1.54, 1.807) is 27.7 Å². The SMILES string of the molecule is Cc1ccc(COC(=O)[C@H](NC(=O)OC(C)(C)C)[C@H](C)OCc2ccccc2)cc1. The fourth-order valence-corrected chi connectivity index (χ4v) is 2.63. The molecule has 0 heterocycles. The fraction of sp³-hybridized carbons (Fsp3) is 0.417. The minimum absolute atomic E-state index is 0.108. The molecule has 0 radical (unpaired) electrons. The molecule has 30 heavy (non-hydrogen) atoms. The first-order valence-electron chi connectivity index (χ1n) is 10.0. The van der Waals surface area contributed by atoms with Gasteiger partial charge in [0.2, 0.25) is 0 Å². The number of carbonyl (C=O) groups is 2. The van der Waals surface area contributed by atoms with Crippen molar-refractivity contribution in [1.82, 2.24) is 5.32 Å².